The zero-order valence-corrected chi connectivity index (χ0v) is 11.0. The van der Waals surface area contributed by atoms with Gasteiger partial charge in [-0.3, -0.25) is 0 Å². The molecule has 1 heterocycles. The molecule has 0 aromatic carbocycles. The standard InChI is InChI=1S/C13H23N3O/c1-11(2)10-16(7-8-17-3)13-6-4-5-12(9-14)15-13/h4-6,11H,7-10,14H2,1-3H3. The van der Waals surface area contributed by atoms with Crippen LogP contribution in [0.4, 0.5) is 5.82 Å². The molecule has 96 valence electrons. The number of nitrogens with two attached hydrogens (primary N) is 1. The number of pyridine rings is 1. The number of nitrogens with zero attached hydrogens (tertiary/aromatic N) is 2. The number of anilines is 1. The molecule has 0 spiro atoms. The summed E-state index contributed by atoms with van der Waals surface area (Å²) >= 11 is 0. The maximum atomic E-state index is 5.61. The Balaban J connectivity index is 2.78. The highest BCUT2D eigenvalue weighted by molar-refractivity contribution is 5.39. The van der Waals surface area contributed by atoms with Crippen molar-refractivity contribution in [3.8, 4) is 0 Å². The van der Waals surface area contributed by atoms with Gasteiger partial charge in [0.2, 0.25) is 0 Å². The van der Waals surface area contributed by atoms with E-state index in [2.05, 4.69) is 23.7 Å². The quantitative estimate of drug-likeness (QED) is 0.783. The van der Waals surface area contributed by atoms with E-state index in [1.54, 1.807) is 7.11 Å². The summed E-state index contributed by atoms with van der Waals surface area (Å²) in [7, 11) is 1.72. The van der Waals surface area contributed by atoms with Crippen molar-refractivity contribution in [2.45, 2.75) is 20.4 Å². The molecule has 0 radical (unpaired) electrons. The van der Waals surface area contributed by atoms with Gasteiger partial charge in [0.25, 0.3) is 0 Å². The van der Waals surface area contributed by atoms with Crippen LogP contribution in [0.25, 0.3) is 0 Å². The molecular formula is C13H23N3O. The van der Waals surface area contributed by atoms with Gasteiger partial charge in [0, 0.05) is 26.7 Å². The average Bonchev–Trinajstić information content (AvgIpc) is 2.34. The van der Waals surface area contributed by atoms with E-state index < -0.39 is 0 Å². The highest BCUT2D eigenvalue weighted by Crippen LogP contribution is 2.13. The summed E-state index contributed by atoms with van der Waals surface area (Å²) < 4.78 is 5.14. The Morgan fingerprint density at radius 1 is 1.41 bits per heavy atom. The molecule has 0 aliphatic rings. The van der Waals surface area contributed by atoms with Gasteiger partial charge in [0.15, 0.2) is 0 Å². The predicted octanol–water partition coefficient (Wildman–Crippen LogP) is 1.65. The summed E-state index contributed by atoms with van der Waals surface area (Å²) in [6.45, 7) is 7.42. The van der Waals surface area contributed by atoms with E-state index >= 15 is 0 Å². The second-order valence-electron chi connectivity index (χ2n) is 4.52. The molecule has 2 N–H and O–H groups in total. The van der Waals surface area contributed by atoms with Crippen molar-refractivity contribution < 1.29 is 4.74 Å². The lowest BCUT2D eigenvalue weighted by molar-refractivity contribution is 0.204. The molecule has 4 heteroatoms. The summed E-state index contributed by atoms with van der Waals surface area (Å²) in [5.74, 6) is 1.58. The first-order valence-electron chi connectivity index (χ1n) is 6.07. The van der Waals surface area contributed by atoms with E-state index in [-0.39, 0.29) is 0 Å². The van der Waals surface area contributed by atoms with Gasteiger partial charge in [-0.15, -0.1) is 0 Å². The number of ether oxygens (including phenoxy) is 1. The van der Waals surface area contributed by atoms with Crippen LogP contribution in [0, 0.1) is 5.92 Å². The van der Waals surface area contributed by atoms with Gasteiger partial charge in [-0.25, -0.2) is 4.98 Å². The minimum absolute atomic E-state index is 0.480. The van der Waals surface area contributed by atoms with Crippen LogP contribution >= 0.6 is 0 Å². The van der Waals surface area contributed by atoms with E-state index in [0.717, 1.165) is 24.6 Å². The lowest BCUT2D eigenvalue weighted by Gasteiger charge is -2.25. The normalized spacial score (nSPS) is 10.9. The lowest BCUT2D eigenvalue weighted by atomic mass is 10.2. The van der Waals surface area contributed by atoms with Gasteiger partial charge in [-0.2, -0.15) is 0 Å². The zero-order chi connectivity index (χ0) is 12.7. The van der Waals surface area contributed by atoms with E-state index in [1.807, 2.05) is 18.2 Å². The summed E-state index contributed by atoms with van der Waals surface area (Å²) in [5.41, 5.74) is 6.54. The first kappa shape index (κ1) is 13.9. The Bertz CT molecular complexity index is 328. The number of methoxy groups -OCH3 is 1. The number of hydrogen-bond donors (Lipinski definition) is 1. The van der Waals surface area contributed by atoms with Gasteiger partial charge in [0.1, 0.15) is 5.82 Å². The molecule has 0 unspecified atom stereocenters. The minimum Gasteiger partial charge on any atom is -0.383 e. The predicted molar refractivity (Wildman–Crippen MR) is 71.1 cm³/mol. The second-order valence-corrected chi connectivity index (χ2v) is 4.52. The van der Waals surface area contributed by atoms with E-state index in [0.29, 0.717) is 19.1 Å². The van der Waals surface area contributed by atoms with Crippen LogP contribution in [0.15, 0.2) is 18.2 Å². The van der Waals surface area contributed by atoms with Gasteiger partial charge in [0.05, 0.1) is 12.3 Å². The molecule has 0 fully saturated rings. The van der Waals surface area contributed by atoms with Crippen LogP contribution < -0.4 is 10.6 Å². The van der Waals surface area contributed by atoms with E-state index in [1.165, 1.54) is 0 Å². The van der Waals surface area contributed by atoms with Gasteiger partial charge >= 0.3 is 0 Å². The molecule has 0 bridgehead atoms. The Kier molecular flexibility index (Phi) is 5.94. The molecule has 0 saturated heterocycles. The molecule has 0 saturated carbocycles. The number of hydrogen-bond acceptors (Lipinski definition) is 4. The van der Waals surface area contributed by atoms with Crippen molar-refractivity contribution in [3.63, 3.8) is 0 Å². The van der Waals surface area contributed by atoms with Gasteiger partial charge in [-0.1, -0.05) is 19.9 Å². The fourth-order valence-corrected chi connectivity index (χ4v) is 1.70. The molecule has 1 aromatic rings. The Hall–Kier alpha value is -1.13. The second kappa shape index (κ2) is 7.25. The van der Waals surface area contributed by atoms with Crippen LogP contribution in [0.2, 0.25) is 0 Å². The van der Waals surface area contributed by atoms with Crippen molar-refractivity contribution in [2.75, 3.05) is 31.7 Å². The molecule has 0 atom stereocenters. The summed E-state index contributed by atoms with van der Waals surface area (Å²) in [4.78, 5) is 6.79. The maximum absolute atomic E-state index is 5.61. The van der Waals surface area contributed by atoms with Crippen molar-refractivity contribution in [1.29, 1.82) is 0 Å². The van der Waals surface area contributed by atoms with Gasteiger partial charge < -0.3 is 15.4 Å². The molecule has 0 amide bonds. The summed E-state index contributed by atoms with van der Waals surface area (Å²) in [6.07, 6.45) is 0. The van der Waals surface area contributed by atoms with E-state index in [4.69, 9.17) is 10.5 Å². The van der Waals surface area contributed by atoms with Crippen molar-refractivity contribution >= 4 is 5.82 Å². The minimum atomic E-state index is 0.480. The molecule has 1 aromatic heterocycles. The molecule has 17 heavy (non-hydrogen) atoms. The molecule has 0 aliphatic heterocycles. The summed E-state index contributed by atoms with van der Waals surface area (Å²) in [6, 6.07) is 5.98. The average molecular weight is 237 g/mol. The lowest BCUT2D eigenvalue weighted by Crippen LogP contribution is -2.31. The zero-order valence-electron chi connectivity index (χ0n) is 11.0. The SMILES string of the molecule is COCCN(CC(C)C)c1cccc(CN)n1. The van der Waals surface area contributed by atoms with Crippen LogP contribution in [0.5, 0.6) is 0 Å². The third-order valence-electron chi connectivity index (χ3n) is 2.48. The number of rotatable bonds is 7. The van der Waals surface area contributed by atoms with Crippen molar-refractivity contribution in [3.05, 3.63) is 23.9 Å². The maximum Gasteiger partial charge on any atom is 0.128 e. The summed E-state index contributed by atoms with van der Waals surface area (Å²) in [5, 5.41) is 0. The molecule has 4 nitrogen and oxygen atoms in total. The third-order valence-corrected chi connectivity index (χ3v) is 2.48. The fraction of sp³-hybridized carbons (Fsp3) is 0.615. The van der Waals surface area contributed by atoms with Crippen LogP contribution in [0.3, 0.4) is 0 Å². The van der Waals surface area contributed by atoms with Crippen LogP contribution in [0.1, 0.15) is 19.5 Å². The molecule has 1 rings (SSSR count). The van der Waals surface area contributed by atoms with E-state index in [9.17, 15) is 0 Å². The van der Waals surface area contributed by atoms with Gasteiger partial charge in [-0.05, 0) is 18.1 Å². The Labute approximate surface area is 104 Å². The topological polar surface area (TPSA) is 51.4 Å². The first-order chi connectivity index (χ1) is 8.17. The third kappa shape index (κ3) is 4.71. The highest BCUT2D eigenvalue weighted by atomic mass is 16.5. The number of aromatic nitrogens is 1. The Morgan fingerprint density at radius 2 is 2.18 bits per heavy atom. The van der Waals surface area contributed by atoms with Crippen molar-refractivity contribution in [2.24, 2.45) is 11.7 Å². The monoisotopic (exact) mass is 237 g/mol. The fourth-order valence-electron chi connectivity index (χ4n) is 1.70. The highest BCUT2D eigenvalue weighted by Gasteiger charge is 2.09. The Morgan fingerprint density at radius 3 is 2.76 bits per heavy atom. The first-order valence-corrected chi connectivity index (χ1v) is 6.07. The molecular weight excluding hydrogens is 214 g/mol. The van der Waals surface area contributed by atoms with Crippen LogP contribution in [-0.4, -0.2) is 31.8 Å². The van der Waals surface area contributed by atoms with Crippen LogP contribution in [-0.2, 0) is 11.3 Å². The molecule has 0 aliphatic carbocycles. The largest absolute Gasteiger partial charge is 0.383 e. The van der Waals surface area contributed by atoms with Crippen molar-refractivity contribution in [1.82, 2.24) is 4.98 Å². The smallest absolute Gasteiger partial charge is 0.128 e.